The molecule has 4 aliphatic carbocycles. The van der Waals surface area contributed by atoms with Crippen molar-refractivity contribution in [2.45, 2.75) is 38.5 Å². The Kier molecular flexibility index (Phi) is 6.51. The van der Waals surface area contributed by atoms with Crippen molar-refractivity contribution in [1.82, 2.24) is 10.9 Å². The highest BCUT2D eigenvalue weighted by atomic mass is 16.5. The number of hydrogen-bond acceptors (Lipinski definition) is 6. The summed E-state index contributed by atoms with van der Waals surface area (Å²) in [5, 5.41) is 8.44. The summed E-state index contributed by atoms with van der Waals surface area (Å²) in [6.45, 7) is 0. The van der Waals surface area contributed by atoms with Crippen molar-refractivity contribution in [2.75, 3.05) is 14.2 Å². The van der Waals surface area contributed by atoms with Crippen LogP contribution in [0.5, 0.6) is 11.5 Å². The third kappa shape index (κ3) is 4.72. The van der Waals surface area contributed by atoms with Gasteiger partial charge in [0.05, 0.1) is 37.5 Å². The molecular weight excluding hydrogens is 456 g/mol. The number of ether oxygens (including phenoxy) is 2. The molecule has 36 heavy (non-hydrogen) atoms. The van der Waals surface area contributed by atoms with Crippen LogP contribution < -0.4 is 20.3 Å². The second-order valence-electron chi connectivity index (χ2n) is 10.5. The van der Waals surface area contributed by atoms with Crippen LogP contribution in [0.3, 0.4) is 0 Å². The summed E-state index contributed by atoms with van der Waals surface area (Å²) < 4.78 is 10.3. The minimum absolute atomic E-state index is 0.0831. The van der Waals surface area contributed by atoms with Crippen molar-refractivity contribution in [3.63, 3.8) is 0 Å². The summed E-state index contributed by atoms with van der Waals surface area (Å²) in [6.07, 6.45) is 8.17. The first-order valence-electron chi connectivity index (χ1n) is 12.4. The number of rotatable bonds is 8. The third-order valence-electron chi connectivity index (χ3n) is 8.02. The zero-order chi connectivity index (χ0) is 25.2. The average molecular weight is 489 g/mol. The van der Waals surface area contributed by atoms with E-state index in [0.717, 1.165) is 54.7 Å². The van der Waals surface area contributed by atoms with E-state index in [0.29, 0.717) is 18.3 Å². The molecule has 0 spiro atoms. The number of benzene rings is 2. The number of nitrogens with zero attached hydrogens (tertiary/aromatic N) is 2. The van der Waals surface area contributed by atoms with E-state index in [2.05, 4.69) is 21.1 Å². The molecule has 0 saturated heterocycles. The van der Waals surface area contributed by atoms with Crippen LogP contribution in [0.2, 0.25) is 0 Å². The SMILES string of the molecule is COc1ccc(/C=N/NC(=O)C23CC4CC(C2)CC(C(=O)N/N=C/c2ccc(OC)cc2)(C4)C3)cc1. The Hall–Kier alpha value is -3.68. The number of methoxy groups -OCH3 is 2. The normalized spacial score (nSPS) is 28.4. The molecule has 4 bridgehead atoms. The van der Waals surface area contributed by atoms with Gasteiger partial charge >= 0.3 is 0 Å². The molecule has 4 fully saturated rings. The van der Waals surface area contributed by atoms with Crippen LogP contribution in [0, 0.1) is 22.7 Å². The van der Waals surface area contributed by atoms with Gasteiger partial charge in [0.2, 0.25) is 11.8 Å². The number of amides is 2. The van der Waals surface area contributed by atoms with E-state index < -0.39 is 10.8 Å². The predicted molar refractivity (Wildman–Crippen MR) is 137 cm³/mol. The Bertz CT molecular complexity index is 1070. The van der Waals surface area contributed by atoms with Crippen molar-refractivity contribution in [1.29, 1.82) is 0 Å². The summed E-state index contributed by atoms with van der Waals surface area (Å²) in [6, 6.07) is 14.9. The van der Waals surface area contributed by atoms with Gasteiger partial charge in [-0.1, -0.05) is 0 Å². The van der Waals surface area contributed by atoms with Crippen molar-refractivity contribution >= 4 is 24.2 Å². The number of hydrazone groups is 2. The van der Waals surface area contributed by atoms with E-state index in [1.165, 1.54) is 0 Å². The van der Waals surface area contributed by atoms with E-state index >= 15 is 0 Å². The van der Waals surface area contributed by atoms with Gasteiger partial charge < -0.3 is 9.47 Å². The van der Waals surface area contributed by atoms with Gasteiger partial charge in [-0.2, -0.15) is 10.2 Å². The molecule has 188 valence electrons. The number of hydrogen-bond donors (Lipinski definition) is 2. The lowest BCUT2D eigenvalue weighted by Crippen LogP contribution is -2.60. The molecule has 0 unspecified atom stereocenters. The minimum atomic E-state index is -0.557. The van der Waals surface area contributed by atoms with Gasteiger partial charge in [0.15, 0.2) is 0 Å². The van der Waals surface area contributed by atoms with Crippen molar-refractivity contribution < 1.29 is 19.1 Å². The quantitative estimate of drug-likeness (QED) is 0.435. The molecule has 2 aromatic rings. The van der Waals surface area contributed by atoms with Crippen LogP contribution in [0.1, 0.15) is 49.7 Å². The molecule has 2 N–H and O–H groups in total. The lowest BCUT2D eigenvalue weighted by atomic mass is 9.43. The van der Waals surface area contributed by atoms with Gasteiger partial charge in [-0.05, 0) is 110 Å². The Labute approximate surface area is 211 Å². The summed E-state index contributed by atoms with van der Waals surface area (Å²) in [7, 11) is 3.24. The zero-order valence-electron chi connectivity index (χ0n) is 20.7. The van der Waals surface area contributed by atoms with Crippen LogP contribution in [-0.4, -0.2) is 38.5 Å². The molecule has 2 amide bonds. The summed E-state index contributed by atoms with van der Waals surface area (Å²) in [5.74, 6) is 2.11. The monoisotopic (exact) mass is 488 g/mol. The number of nitrogens with one attached hydrogen (secondary N) is 2. The molecule has 2 aromatic carbocycles. The maximum absolute atomic E-state index is 13.4. The topological polar surface area (TPSA) is 101 Å². The highest BCUT2D eigenvalue weighted by Crippen LogP contribution is 2.65. The molecule has 0 atom stereocenters. The first kappa shape index (κ1) is 24.0. The van der Waals surface area contributed by atoms with Crippen molar-refractivity contribution in [3.8, 4) is 11.5 Å². The smallest absolute Gasteiger partial charge is 0.246 e. The fraction of sp³-hybridized carbons (Fsp3) is 0.429. The van der Waals surface area contributed by atoms with Crippen LogP contribution in [-0.2, 0) is 9.59 Å². The van der Waals surface area contributed by atoms with Gasteiger partial charge in [-0.25, -0.2) is 10.9 Å². The molecule has 4 aliphatic rings. The van der Waals surface area contributed by atoms with E-state index in [1.807, 2.05) is 48.5 Å². The maximum Gasteiger partial charge on any atom is 0.246 e. The van der Waals surface area contributed by atoms with E-state index in [9.17, 15) is 9.59 Å². The third-order valence-corrected chi connectivity index (χ3v) is 8.02. The maximum atomic E-state index is 13.4. The van der Waals surface area contributed by atoms with E-state index in [4.69, 9.17) is 9.47 Å². The molecule has 0 heterocycles. The Morgan fingerprint density at radius 3 is 1.50 bits per heavy atom. The molecule has 4 saturated carbocycles. The van der Waals surface area contributed by atoms with Gasteiger partial charge in [-0.15, -0.1) is 0 Å². The first-order valence-corrected chi connectivity index (χ1v) is 12.4. The number of carbonyl (C=O) groups is 2. The minimum Gasteiger partial charge on any atom is -0.497 e. The first-order chi connectivity index (χ1) is 17.4. The lowest BCUT2D eigenvalue weighted by molar-refractivity contribution is -0.167. The van der Waals surface area contributed by atoms with Crippen LogP contribution in [0.25, 0.3) is 0 Å². The summed E-state index contributed by atoms with van der Waals surface area (Å²) >= 11 is 0. The summed E-state index contributed by atoms with van der Waals surface area (Å²) in [5.41, 5.74) is 6.17. The fourth-order valence-electron chi connectivity index (χ4n) is 6.74. The Balaban J connectivity index is 1.25. The highest BCUT2D eigenvalue weighted by Gasteiger charge is 2.63. The summed E-state index contributed by atoms with van der Waals surface area (Å²) in [4.78, 5) is 26.8. The molecule has 8 heteroatoms. The van der Waals surface area contributed by atoms with Crippen LogP contribution >= 0.6 is 0 Å². The standard InChI is InChI=1S/C28H32N4O4/c1-35-23-7-3-19(4-8-23)16-29-31-25(33)27-12-21-11-22(13-27)15-28(14-21,18-27)26(34)32-30-17-20-5-9-24(36-2)10-6-20/h3-10,16-17,21-22H,11-15,18H2,1-2H3,(H,31,33)(H,32,34)/b29-16+,30-17+. The Morgan fingerprint density at radius 1 is 0.750 bits per heavy atom. The lowest BCUT2D eigenvalue weighted by Gasteiger charge is -2.60. The molecule has 0 aromatic heterocycles. The molecule has 8 nitrogen and oxygen atoms in total. The van der Waals surface area contributed by atoms with Crippen molar-refractivity contribution in [2.24, 2.45) is 32.9 Å². The van der Waals surface area contributed by atoms with Gasteiger partial charge in [0.1, 0.15) is 11.5 Å². The second kappa shape index (κ2) is 9.76. The zero-order valence-corrected chi connectivity index (χ0v) is 20.7. The van der Waals surface area contributed by atoms with E-state index in [1.54, 1.807) is 26.6 Å². The fourth-order valence-corrected chi connectivity index (χ4v) is 6.74. The average Bonchev–Trinajstić information content (AvgIpc) is 2.88. The predicted octanol–water partition coefficient (Wildman–Crippen LogP) is 3.89. The van der Waals surface area contributed by atoms with Gasteiger partial charge in [0, 0.05) is 0 Å². The Morgan fingerprint density at radius 2 is 1.14 bits per heavy atom. The van der Waals surface area contributed by atoms with Crippen LogP contribution in [0.15, 0.2) is 58.7 Å². The van der Waals surface area contributed by atoms with E-state index in [-0.39, 0.29) is 11.8 Å². The molecule has 0 aliphatic heterocycles. The van der Waals surface area contributed by atoms with Crippen LogP contribution in [0.4, 0.5) is 0 Å². The van der Waals surface area contributed by atoms with Crippen molar-refractivity contribution in [3.05, 3.63) is 59.7 Å². The van der Waals surface area contributed by atoms with Gasteiger partial charge in [-0.3, -0.25) is 9.59 Å². The largest absolute Gasteiger partial charge is 0.497 e. The molecule has 0 radical (unpaired) electrons. The number of carbonyl (C=O) groups excluding carboxylic acids is 2. The van der Waals surface area contributed by atoms with Gasteiger partial charge in [0.25, 0.3) is 0 Å². The second-order valence-corrected chi connectivity index (χ2v) is 10.5. The molecular formula is C28H32N4O4. The highest BCUT2D eigenvalue weighted by molar-refractivity contribution is 5.90. The molecule has 6 rings (SSSR count).